The van der Waals surface area contributed by atoms with Gasteiger partial charge in [-0.25, -0.2) is 4.79 Å². The molecule has 0 aliphatic carbocycles. The summed E-state index contributed by atoms with van der Waals surface area (Å²) in [6, 6.07) is 7.76. The molecule has 1 aromatic carbocycles. The summed E-state index contributed by atoms with van der Waals surface area (Å²) < 4.78 is 0. The van der Waals surface area contributed by atoms with E-state index in [4.69, 9.17) is 5.11 Å². The second-order valence-electron chi connectivity index (χ2n) is 4.10. The van der Waals surface area contributed by atoms with Crippen molar-refractivity contribution in [2.45, 2.75) is 13.8 Å². The normalized spacial score (nSPS) is 10.2. The fourth-order valence-corrected chi connectivity index (χ4v) is 1.95. The van der Waals surface area contributed by atoms with Crippen molar-refractivity contribution in [2.24, 2.45) is 0 Å². The van der Waals surface area contributed by atoms with Crippen LogP contribution in [-0.4, -0.2) is 16.1 Å². The van der Waals surface area contributed by atoms with Crippen LogP contribution in [0, 0.1) is 13.8 Å². The highest BCUT2D eigenvalue weighted by atomic mass is 16.4. The molecule has 3 heteroatoms. The van der Waals surface area contributed by atoms with E-state index in [0.29, 0.717) is 5.56 Å². The van der Waals surface area contributed by atoms with Crippen molar-refractivity contribution < 1.29 is 9.90 Å². The zero-order valence-electron chi connectivity index (χ0n) is 9.77. The van der Waals surface area contributed by atoms with Crippen LogP contribution >= 0.6 is 0 Å². The predicted molar refractivity (Wildman–Crippen MR) is 66.1 cm³/mol. The third kappa shape index (κ3) is 2.33. The summed E-state index contributed by atoms with van der Waals surface area (Å²) in [6.45, 7) is 4.00. The lowest BCUT2D eigenvalue weighted by molar-refractivity contribution is 0.0697. The first kappa shape index (κ1) is 11.3. The summed E-state index contributed by atoms with van der Waals surface area (Å²) in [5.74, 6) is -0.952. The standard InChI is InChI=1S/C14H13NO2/c1-9-5-10(2)7-11(6-9)12-3-4-15-8-13(12)14(16)17/h3-8H,1-2H3,(H,16,17). The van der Waals surface area contributed by atoms with E-state index in [-0.39, 0.29) is 5.56 Å². The highest BCUT2D eigenvalue weighted by Crippen LogP contribution is 2.25. The summed E-state index contributed by atoms with van der Waals surface area (Å²) in [4.78, 5) is 15.0. The van der Waals surface area contributed by atoms with E-state index in [1.807, 2.05) is 26.0 Å². The molecule has 0 spiro atoms. The van der Waals surface area contributed by atoms with Gasteiger partial charge >= 0.3 is 5.97 Å². The molecular weight excluding hydrogens is 214 g/mol. The number of hydrogen-bond donors (Lipinski definition) is 1. The Kier molecular flexibility index (Phi) is 2.91. The van der Waals surface area contributed by atoms with Crippen LogP contribution in [0.4, 0.5) is 0 Å². The van der Waals surface area contributed by atoms with Crippen LogP contribution in [0.25, 0.3) is 11.1 Å². The molecule has 0 saturated heterocycles. The van der Waals surface area contributed by atoms with Gasteiger partial charge in [0.25, 0.3) is 0 Å². The van der Waals surface area contributed by atoms with E-state index in [9.17, 15) is 4.79 Å². The number of carbonyl (C=O) groups is 1. The van der Waals surface area contributed by atoms with Crippen molar-refractivity contribution in [2.75, 3.05) is 0 Å². The maximum Gasteiger partial charge on any atom is 0.337 e. The SMILES string of the molecule is Cc1cc(C)cc(-c2ccncc2C(=O)O)c1. The highest BCUT2D eigenvalue weighted by molar-refractivity contribution is 5.95. The number of benzene rings is 1. The lowest BCUT2D eigenvalue weighted by Gasteiger charge is -2.07. The molecule has 0 atom stereocenters. The van der Waals surface area contributed by atoms with Gasteiger partial charge in [-0.3, -0.25) is 4.98 Å². The number of carboxylic acid groups (broad SMARTS) is 1. The molecule has 0 bridgehead atoms. The van der Waals surface area contributed by atoms with Gasteiger partial charge in [0.2, 0.25) is 0 Å². The number of hydrogen-bond acceptors (Lipinski definition) is 2. The van der Waals surface area contributed by atoms with Gasteiger partial charge in [-0.1, -0.05) is 29.3 Å². The van der Waals surface area contributed by atoms with Crippen LogP contribution < -0.4 is 0 Å². The van der Waals surface area contributed by atoms with Crippen LogP contribution in [0.1, 0.15) is 21.5 Å². The lowest BCUT2D eigenvalue weighted by atomic mass is 9.98. The third-order valence-corrected chi connectivity index (χ3v) is 2.58. The van der Waals surface area contributed by atoms with Gasteiger partial charge in [0.05, 0.1) is 5.56 Å². The number of rotatable bonds is 2. The van der Waals surface area contributed by atoms with Crippen molar-refractivity contribution >= 4 is 5.97 Å². The van der Waals surface area contributed by atoms with Gasteiger partial charge in [0, 0.05) is 12.4 Å². The maximum absolute atomic E-state index is 11.1. The Morgan fingerprint density at radius 2 is 1.82 bits per heavy atom. The second kappa shape index (κ2) is 4.37. The molecular formula is C14H13NO2. The monoisotopic (exact) mass is 227 g/mol. The van der Waals surface area contributed by atoms with E-state index in [2.05, 4.69) is 11.1 Å². The zero-order valence-corrected chi connectivity index (χ0v) is 9.77. The minimum absolute atomic E-state index is 0.234. The molecule has 0 saturated carbocycles. The summed E-state index contributed by atoms with van der Waals surface area (Å²) in [7, 11) is 0. The van der Waals surface area contributed by atoms with E-state index in [1.165, 1.54) is 6.20 Å². The summed E-state index contributed by atoms with van der Waals surface area (Å²) in [5, 5.41) is 9.13. The quantitative estimate of drug-likeness (QED) is 0.857. The minimum Gasteiger partial charge on any atom is -0.478 e. The molecule has 86 valence electrons. The molecule has 1 N–H and O–H groups in total. The number of aryl methyl sites for hydroxylation is 2. The van der Waals surface area contributed by atoms with Crippen LogP contribution in [0.15, 0.2) is 36.7 Å². The highest BCUT2D eigenvalue weighted by Gasteiger charge is 2.11. The zero-order chi connectivity index (χ0) is 12.4. The molecule has 0 aliphatic rings. The van der Waals surface area contributed by atoms with Crippen molar-refractivity contribution in [3.05, 3.63) is 53.3 Å². The second-order valence-corrected chi connectivity index (χ2v) is 4.10. The number of nitrogens with zero attached hydrogens (tertiary/aromatic N) is 1. The minimum atomic E-state index is -0.952. The fourth-order valence-electron chi connectivity index (χ4n) is 1.95. The van der Waals surface area contributed by atoms with Gasteiger partial charge in [0.15, 0.2) is 0 Å². The summed E-state index contributed by atoms with van der Waals surface area (Å²) in [6.07, 6.45) is 2.99. The molecule has 0 fully saturated rings. The number of pyridine rings is 1. The molecule has 0 aliphatic heterocycles. The van der Waals surface area contributed by atoms with E-state index in [1.54, 1.807) is 12.3 Å². The largest absolute Gasteiger partial charge is 0.478 e. The molecule has 0 amide bonds. The van der Waals surface area contributed by atoms with Crippen molar-refractivity contribution in [1.82, 2.24) is 4.98 Å². The molecule has 0 unspecified atom stereocenters. The number of aromatic nitrogens is 1. The van der Waals surface area contributed by atoms with Gasteiger partial charge in [0.1, 0.15) is 0 Å². The third-order valence-electron chi connectivity index (χ3n) is 2.58. The Balaban J connectivity index is 2.64. The van der Waals surface area contributed by atoms with E-state index in [0.717, 1.165) is 16.7 Å². The van der Waals surface area contributed by atoms with E-state index >= 15 is 0 Å². The van der Waals surface area contributed by atoms with Crippen molar-refractivity contribution in [3.63, 3.8) is 0 Å². The van der Waals surface area contributed by atoms with Crippen LogP contribution in [0.3, 0.4) is 0 Å². The maximum atomic E-state index is 11.1. The van der Waals surface area contributed by atoms with Gasteiger partial charge in [-0.2, -0.15) is 0 Å². The molecule has 1 aromatic heterocycles. The summed E-state index contributed by atoms with van der Waals surface area (Å²) in [5.41, 5.74) is 4.10. The Hall–Kier alpha value is -2.16. The lowest BCUT2D eigenvalue weighted by Crippen LogP contribution is -2.00. The first-order valence-electron chi connectivity index (χ1n) is 5.34. The van der Waals surface area contributed by atoms with Crippen LogP contribution in [0.5, 0.6) is 0 Å². The first-order chi connectivity index (χ1) is 8.08. The number of carboxylic acids is 1. The van der Waals surface area contributed by atoms with Crippen molar-refractivity contribution in [1.29, 1.82) is 0 Å². The van der Waals surface area contributed by atoms with E-state index < -0.39 is 5.97 Å². The molecule has 0 radical (unpaired) electrons. The Morgan fingerprint density at radius 3 is 2.41 bits per heavy atom. The van der Waals surface area contributed by atoms with Crippen LogP contribution in [-0.2, 0) is 0 Å². The Labute approximate surface area is 99.8 Å². The first-order valence-corrected chi connectivity index (χ1v) is 5.34. The topological polar surface area (TPSA) is 50.2 Å². The molecule has 2 rings (SSSR count). The van der Waals surface area contributed by atoms with Crippen molar-refractivity contribution in [3.8, 4) is 11.1 Å². The fraction of sp³-hybridized carbons (Fsp3) is 0.143. The summed E-state index contributed by atoms with van der Waals surface area (Å²) >= 11 is 0. The number of aromatic carboxylic acids is 1. The Bertz CT molecular complexity index is 556. The average molecular weight is 227 g/mol. The smallest absolute Gasteiger partial charge is 0.337 e. The molecule has 1 heterocycles. The van der Waals surface area contributed by atoms with Gasteiger partial charge in [-0.15, -0.1) is 0 Å². The average Bonchev–Trinajstić information content (AvgIpc) is 2.27. The molecule has 3 nitrogen and oxygen atoms in total. The molecule has 17 heavy (non-hydrogen) atoms. The van der Waals surface area contributed by atoms with Crippen LogP contribution in [0.2, 0.25) is 0 Å². The molecule has 2 aromatic rings. The van der Waals surface area contributed by atoms with Gasteiger partial charge < -0.3 is 5.11 Å². The van der Waals surface area contributed by atoms with Gasteiger partial charge in [-0.05, 0) is 31.0 Å². The Morgan fingerprint density at radius 1 is 1.18 bits per heavy atom. The predicted octanol–water partition coefficient (Wildman–Crippen LogP) is 3.06.